The van der Waals surface area contributed by atoms with Crippen molar-refractivity contribution < 1.29 is 0 Å². The molecule has 1 saturated heterocycles. The molecule has 2 aromatic rings. The highest BCUT2D eigenvalue weighted by Crippen LogP contribution is 2.08. The lowest BCUT2D eigenvalue weighted by molar-refractivity contribution is 0.260. The Bertz CT molecular complexity index is 653. The summed E-state index contributed by atoms with van der Waals surface area (Å²) in [6.07, 6.45) is 7.73. The van der Waals surface area contributed by atoms with E-state index in [0.717, 1.165) is 64.3 Å². The van der Waals surface area contributed by atoms with Crippen molar-refractivity contribution in [1.82, 2.24) is 30.1 Å². The van der Waals surface area contributed by atoms with Crippen LogP contribution in [0.3, 0.4) is 0 Å². The van der Waals surface area contributed by atoms with E-state index in [1.807, 2.05) is 25.2 Å². The molecule has 2 N–H and O–H groups in total. The summed E-state index contributed by atoms with van der Waals surface area (Å²) in [5, 5.41) is 6.74. The second kappa shape index (κ2) is 11.8. The quantitative estimate of drug-likeness (QED) is 0.346. The van der Waals surface area contributed by atoms with Crippen LogP contribution in [0, 0.1) is 0 Å². The van der Waals surface area contributed by atoms with E-state index in [2.05, 4.69) is 52.4 Å². The van der Waals surface area contributed by atoms with Crippen molar-refractivity contribution in [3.63, 3.8) is 0 Å². The van der Waals surface area contributed by atoms with Gasteiger partial charge < -0.3 is 20.1 Å². The Labute approximate surface area is 178 Å². The molecule has 9 heteroatoms. The van der Waals surface area contributed by atoms with Gasteiger partial charge in [-0.15, -0.1) is 24.0 Å². The third-order valence-electron chi connectivity index (χ3n) is 4.48. The second-order valence-electron chi connectivity index (χ2n) is 6.22. The Morgan fingerprint density at radius 2 is 1.59 bits per heavy atom. The van der Waals surface area contributed by atoms with Gasteiger partial charge in [0.2, 0.25) is 5.95 Å². The number of hydrogen-bond donors (Lipinski definition) is 2. The highest BCUT2D eigenvalue weighted by Gasteiger charge is 2.18. The highest BCUT2D eigenvalue weighted by atomic mass is 127. The van der Waals surface area contributed by atoms with Crippen molar-refractivity contribution in [2.75, 3.05) is 57.8 Å². The molecule has 2 aromatic heterocycles. The standard InChI is InChI=1S/C18H28N8.HI/c1-19-17(20-7-11-24-9-2-3-10-24)21-8-12-25-13-15-26(16-14-25)18-22-5-4-6-23-18;/h2-6,9-10H,7-8,11-16H2,1H3,(H2,19,20,21);1H. The molecule has 0 radical (unpaired) electrons. The zero-order valence-corrected chi connectivity index (χ0v) is 18.1. The lowest BCUT2D eigenvalue weighted by atomic mass is 10.3. The maximum Gasteiger partial charge on any atom is 0.225 e. The Balaban J connectivity index is 0.00000261. The summed E-state index contributed by atoms with van der Waals surface area (Å²) in [5.74, 6) is 1.69. The van der Waals surface area contributed by atoms with E-state index in [9.17, 15) is 0 Å². The molecule has 1 aliphatic rings. The van der Waals surface area contributed by atoms with Gasteiger partial charge in [0.05, 0.1) is 0 Å². The van der Waals surface area contributed by atoms with Crippen LogP contribution in [-0.2, 0) is 6.54 Å². The number of nitrogens with one attached hydrogen (secondary N) is 2. The first-order chi connectivity index (χ1) is 12.8. The van der Waals surface area contributed by atoms with E-state index >= 15 is 0 Å². The SMILES string of the molecule is CN=C(NCCN1CCN(c2ncccn2)CC1)NCCn1cccc1.I. The average molecular weight is 484 g/mol. The fourth-order valence-electron chi connectivity index (χ4n) is 3.00. The molecule has 1 fully saturated rings. The summed E-state index contributed by atoms with van der Waals surface area (Å²) in [4.78, 5) is 17.6. The van der Waals surface area contributed by atoms with E-state index in [-0.39, 0.29) is 24.0 Å². The molecule has 0 amide bonds. The van der Waals surface area contributed by atoms with Crippen LogP contribution in [0.15, 0.2) is 48.0 Å². The van der Waals surface area contributed by atoms with E-state index in [1.165, 1.54) is 0 Å². The van der Waals surface area contributed by atoms with E-state index in [0.29, 0.717) is 0 Å². The van der Waals surface area contributed by atoms with E-state index in [1.54, 1.807) is 12.4 Å². The number of rotatable bonds is 7. The largest absolute Gasteiger partial charge is 0.355 e. The number of hydrogen-bond acceptors (Lipinski definition) is 5. The number of guanidine groups is 1. The molecule has 1 aliphatic heterocycles. The molecule has 3 heterocycles. The summed E-state index contributed by atoms with van der Waals surface area (Å²) in [5.41, 5.74) is 0. The van der Waals surface area contributed by atoms with Gasteiger partial charge in [0.25, 0.3) is 0 Å². The maximum atomic E-state index is 4.33. The van der Waals surface area contributed by atoms with Crippen LogP contribution in [0.25, 0.3) is 0 Å². The van der Waals surface area contributed by atoms with Crippen LogP contribution in [0.5, 0.6) is 0 Å². The summed E-state index contributed by atoms with van der Waals surface area (Å²) in [7, 11) is 1.81. The predicted molar refractivity (Wildman–Crippen MR) is 120 cm³/mol. The highest BCUT2D eigenvalue weighted by molar-refractivity contribution is 14.0. The Morgan fingerprint density at radius 1 is 0.963 bits per heavy atom. The van der Waals surface area contributed by atoms with Gasteiger partial charge in [0.1, 0.15) is 0 Å². The minimum absolute atomic E-state index is 0. The van der Waals surface area contributed by atoms with Gasteiger partial charge in [-0.2, -0.15) is 0 Å². The van der Waals surface area contributed by atoms with Crippen molar-refractivity contribution >= 4 is 35.9 Å². The van der Waals surface area contributed by atoms with Gasteiger partial charge in [-0.1, -0.05) is 0 Å². The van der Waals surface area contributed by atoms with E-state index in [4.69, 9.17) is 0 Å². The van der Waals surface area contributed by atoms with Crippen molar-refractivity contribution in [3.05, 3.63) is 43.0 Å². The number of halogens is 1. The third-order valence-corrected chi connectivity index (χ3v) is 4.48. The zero-order valence-electron chi connectivity index (χ0n) is 15.8. The molecule has 0 bridgehead atoms. The summed E-state index contributed by atoms with van der Waals surface area (Å²) >= 11 is 0. The molecule has 3 rings (SSSR count). The van der Waals surface area contributed by atoms with Crippen molar-refractivity contribution in [2.24, 2.45) is 4.99 Å². The zero-order chi connectivity index (χ0) is 18.0. The average Bonchev–Trinajstić information content (AvgIpc) is 3.21. The first kappa shape index (κ1) is 21.4. The molecular formula is C18H29IN8. The van der Waals surface area contributed by atoms with Crippen molar-refractivity contribution in [3.8, 4) is 0 Å². The van der Waals surface area contributed by atoms with Crippen molar-refractivity contribution in [1.29, 1.82) is 0 Å². The molecular weight excluding hydrogens is 455 g/mol. The summed E-state index contributed by atoms with van der Waals surface area (Å²) in [6, 6.07) is 5.93. The van der Waals surface area contributed by atoms with Crippen LogP contribution in [0.4, 0.5) is 5.95 Å². The minimum atomic E-state index is 0. The summed E-state index contributed by atoms with van der Waals surface area (Å²) < 4.78 is 2.15. The fourth-order valence-corrected chi connectivity index (χ4v) is 3.00. The lowest BCUT2D eigenvalue weighted by Gasteiger charge is -2.34. The van der Waals surface area contributed by atoms with Gasteiger partial charge in [0, 0.05) is 84.2 Å². The number of anilines is 1. The molecule has 0 spiro atoms. The van der Waals surface area contributed by atoms with Gasteiger partial charge in [0.15, 0.2) is 5.96 Å². The molecule has 0 unspecified atom stereocenters. The number of aromatic nitrogens is 3. The van der Waals surface area contributed by atoms with Gasteiger partial charge >= 0.3 is 0 Å². The second-order valence-corrected chi connectivity index (χ2v) is 6.22. The molecule has 0 aliphatic carbocycles. The molecule has 27 heavy (non-hydrogen) atoms. The van der Waals surface area contributed by atoms with Gasteiger partial charge in [-0.25, -0.2) is 9.97 Å². The normalized spacial score (nSPS) is 15.3. The monoisotopic (exact) mass is 484 g/mol. The topological polar surface area (TPSA) is 73.6 Å². The van der Waals surface area contributed by atoms with Gasteiger partial charge in [-0.3, -0.25) is 9.89 Å². The van der Waals surface area contributed by atoms with Crippen LogP contribution in [-0.4, -0.2) is 78.3 Å². The van der Waals surface area contributed by atoms with Crippen LogP contribution >= 0.6 is 24.0 Å². The minimum Gasteiger partial charge on any atom is -0.355 e. The molecule has 148 valence electrons. The molecule has 8 nitrogen and oxygen atoms in total. The summed E-state index contributed by atoms with van der Waals surface area (Å²) in [6.45, 7) is 7.65. The van der Waals surface area contributed by atoms with Crippen LogP contribution in [0.1, 0.15) is 0 Å². The smallest absolute Gasteiger partial charge is 0.225 e. The third kappa shape index (κ3) is 6.98. The van der Waals surface area contributed by atoms with Crippen LogP contribution < -0.4 is 15.5 Å². The Hall–Kier alpha value is -1.88. The molecule has 0 aromatic carbocycles. The number of piperazine rings is 1. The fraction of sp³-hybridized carbons (Fsp3) is 0.500. The van der Waals surface area contributed by atoms with Gasteiger partial charge in [-0.05, 0) is 18.2 Å². The predicted octanol–water partition coefficient (Wildman–Crippen LogP) is 0.883. The number of nitrogens with zero attached hydrogens (tertiary/aromatic N) is 6. The maximum absolute atomic E-state index is 4.33. The Morgan fingerprint density at radius 3 is 2.22 bits per heavy atom. The first-order valence-electron chi connectivity index (χ1n) is 9.15. The number of aliphatic imine (C=N–C) groups is 1. The molecule has 0 atom stereocenters. The van der Waals surface area contributed by atoms with Crippen molar-refractivity contribution in [2.45, 2.75) is 6.54 Å². The van der Waals surface area contributed by atoms with Crippen LogP contribution in [0.2, 0.25) is 0 Å². The molecule has 0 saturated carbocycles. The Kier molecular flexibility index (Phi) is 9.32. The first-order valence-corrected chi connectivity index (χ1v) is 9.15. The lowest BCUT2D eigenvalue weighted by Crippen LogP contribution is -2.49. The van der Waals surface area contributed by atoms with E-state index < -0.39 is 0 Å².